The van der Waals surface area contributed by atoms with E-state index in [1.54, 1.807) is 13.2 Å². The quantitative estimate of drug-likeness (QED) is 0.732. The molecule has 1 aliphatic rings. The van der Waals surface area contributed by atoms with Crippen molar-refractivity contribution in [2.75, 3.05) is 33.9 Å². The molecule has 0 bridgehead atoms. The number of hydrogen-bond donors (Lipinski definition) is 2. The van der Waals surface area contributed by atoms with Crippen LogP contribution >= 0.6 is 11.6 Å². The Hall–Kier alpha value is -1.95. The molecule has 2 N–H and O–H groups in total. The van der Waals surface area contributed by atoms with Gasteiger partial charge in [-0.1, -0.05) is 23.7 Å². The molecule has 152 valence electrons. The van der Waals surface area contributed by atoms with Crippen LogP contribution in [-0.4, -0.2) is 49.0 Å². The molecule has 2 aromatic carbocycles. The molecular weight excluding hydrogens is 378 g/mol. The first kappa shape index (κ1) is 20.8. The molecule has 1 saturated heterocycles. The third kappa shape index (κ3) is 4.72. The molecule has 2 aromatic rings. The zero-order valence-corrected chi connectivity index (χ0v) is 17.2. The highest BCUT2D eigenvalue weighted by molar-refractivity contribution is 6.32. The van der Waals surface area contributed by atoms with Crippen molar-refractivity contribution in [1.29, 1.82) is 0 Å². The van der Waals surface area contributed by atoms with Crippen molar-refractivity contribution in [3.05, 3.63) is 52.5 Å². The summed E-state index contributed by atoms with van der Waals surface area (Å²) in [4.78, 5) is 2.34. The first-order chi connectivity index (χ1) is 13.5. The summed E-state index contributed by atoms with van der Waals surface area (Å²) in [6, 6.07) is 11.6. The van der Waals surface area contributed by atoms with Gasteiger partial charge in [0.05, 0.1) is 25.8 Å². The van der Waals surface area contributed by atoms with Crippen molar-refractivity contribution >= 4 is 11.6 Å². The van der Waals surface area contributed by atoms with Gasteiger partial charge < -0.3 is 19.7 Å². The number of rotatable bonds is 7. The van der Waals surface area contributed by atoms with Gasteiger partial charge in [0.2, 0.25) is 0 Å². The minimum Gasteiger partial charge on any atom is -0.503 e. The molecular formula is C22H28ClNO4. The summed E-state index contributed by atoms with van der Waals surface area (Å²) in [5, 5.41) is 20.5. The lowest BCUT2D eigenvalue weighted by Crippen LogP contribution is -2.46. The van der Waals surface area contributed by atoms with Crippen molar-refractivity contribution in [1.82, 2.24) is 4.90 Å². The minimum absolute atomic E-state index is 0.0331. The molecule has 0 radical (unpaired) electrons. The second-order valence-corrected chi connectivity index (χ2v) is 8.04. The molecule has 0 amide bonds. The fourth-order valence-corrected chi connectivity index (χ4v) is 4.36. The van der Waals surface area contributed by atoms with Gasteiger partial charge in [-0.15, -0.1) is 0 Å². The second-order valence-electron chi connectivity index (χ2n) is 7.63. The summed E-state index contributed by atoms with van der Waals surface area (Å²) in [6.45, 7) is 2.58. The third-order valence-corrected chi connectivity index (χ3v) is 5.79. The largest absolute Gasteiger partial charge is 0.503 e. The zero-order chi connectivity index (χ0) is 20.1. The predicted molar refractivity (Wildman–Crippen MR) is 110 cm³/mol. The van der Waals surface area contributed by atoms with E-state index in [2.05, 4.69) is 11.0 Å². The monoisotopic (exact) mass is 405 g/mol. The number of aliphatic hydroxyl groups is 1. The Labute approximate surface area is 171 Å². The normalized spacial score (nSPS) is 20.1. The standard InChI is InChI=1S/C22H28ClNO4/c1-27-18-6-3-5-16(9-18)12-22(15-25)7-4-8-24(14-22)13-17-10-19(23)21(26)20(11-17)28-2/h3,5-6,9-11,25-26H,4,7-8,12-15H2,1-2H3. The lowest BCUT2D eigenvalue weighted by atomic mass is 9.75. The average Bonchev–Trinajstić information content (AvgIpc) is 2.71. The highest BCUT2D eigenvalue weighted by Gasteiger charge is 2.35. The Morgan fingerprint density at radius 1 is 1.14 bits per heavy atom. The number of phenols is 1. The summed E-state index contributed by atoms with van der Waals surface area (Å²) in [6.07, 6.45) is 2.81. The van der Waals surface area contributed by atoms with E-state index in [4.69, 9.17) is 21.1 Å². The molecule has 1 fully saturated rings. The Kier molecular flexibility index (Phi) is 6.70. The van der Waals surface area contributed by atoms with Crippen LogP contribution in [0.4, 0.5) is 0 Å². The first-order valence-corrected chi connectivity index (χ1v) is 9.88. The molecule has 6 heteroatoms. The maximum atomic E-state index is 10.2. The molecule has 5 nitrogen and oxygen atoms in total. The number of phenolic OH excluding ortho intramolecular Hbond substituents is 1. The predicted octanol–water partition coefficient (Wildman–Crippen LogP) is 3.88. The maximum absolute atomic E-state index is 10.2. The summed E-state index contributed by atoms with van der Waals surface area (Å²) in [7, 11) is 3.18. The minimum atomic E-state index is -0.185. The number of ether oxygens (including phenoxy) is 2. The van der Waals surface area contributed by atoms with Gasteiger partial charge in [0, 0.05) is 18.5 Å². The smallest absolute Gasteiger partial charge is 0.176 e. The van der Waals surface area contributed by atoms with Gasteiger partial charge in [0.15, 0.2) is 11.5 Å². The molecule has 1 aliphatic heterocycles. The lowest BCUT2D eigenvalue weighted by Gasteiger charge is -2.42. The van der Waals surface area contributed by atoms with Crippen LogP contribution in [0.2, 0.25) is 5.02 Å². The zero-order valence-electron chi connectivity index (χ0n) is 16.4. The maximum Gasteiger partial charge on any atom is 0.176 e. The molecule has 0 spiro atoms. The van der Waals surface area contributed by atoms with E-state index < -0.39 is 0 Å². The summed E-state index contributed by atoms with van der Waals surface area (Å²) in [5.41, 5.74) is 1.97. The van der Waals surface area contributed by atoms with E-state index in [1.807, 2.05) is 24.3 Å². The summed E-state index contributed by atoms with van der Waals surface area (Å²) < 4.78 is 10.5. The number of aliphatic hydroxyl groups excluding tert-OH is 1. The van der Waals surface area contributed by atoms with Crippen LogP contribution in [0.3, 0.4) is 0 Å². The van der Waals surface area contributed by atoms with Gasteiger partial charge in [-0.25, -0.2) is 0 Å². The van der Waals surface area contributed by atoms with Crippen LogP contribution in [0.15, 0.2) is 36.4 Å². The van der Waals surface area contributed by atoms with Crippen LogP contribution in [0.25, 0.3) is 0 Å². The summed E-state index contributed by atoms with van der Waals surface area (Å²) >= 11 is 6.13. The molecule has 3 rings (SSSR count). The van der Waals surface area contributed by atoms with Crippen molar-refractivity contribution in [3.8, 4) is 17.2 Å². The second kappa shape index (κ2) is 9.03. The molecule has 0 aliphatic carbocycles. The Bertz CT molecular complexity index is 813. The van der Waals surface area contributed by atoms with Gasteiger partial charge in [-0.3, -0.25) is 4.90 Å². The fourth-order valence-electron chi connectivity index (χ4n) is 4.12. The van der Waals surface area contributed by atoms with Crippen molar-refractivity contribution in [2.45, 2.75) is 25.8 Å². The number of hydrogen-bond acceptors (Lipinski definition) is 5. The Morgan fingerprint density at radius 3 is 2.68 bits per heavy atom. The average molecular weight is 406 g/mol. The number of halogens is 1. The SMILES string of the molecule is COc1cccc(CC2(CO)CCCN(Cc3cc(Cl)c(O)c(OC)c3)C2)c1. The Balaban J connectivity index is 1.75. The number of aromatic hydroxyl groups is 1. The van der Waals surface area contributed by atoms with Crippen LogP contribution in [0.5, 0.6) is 17.2 Å². The number of nitrogens with zero attached hydrogens (tertiary/aromatic N) is 1. The highest BCUT2D eigenvalue weighted by atomic mass is 35.5. The first-order valence-electron chi connectivity index (χ1n) is 9.50. The van der Waals surface area contributed by atoms with Crippen LogP contribution < -0.4 is 9.47 Å². The number of benzene rings is 2. The molecule has 1 atom stereocenters. The van der Waals surface area contributed by atoms with Crippen LogP contribution in [0.1, 0.15) is 24.0 Å². The lowest BCUT2D eigenvalue weighted by molar-refractivity contribution is 0.0288. The molecule has 1 heterocycles. The summed E-state index contributed by atoms with van der Waals surface area (Å²) in [5.74, 6) is 1.18. The molecule has 0 saturated carbocycles. The van der Waals surface area contributed by atoms with E-state index in [0.29, 0.717) is 12.3 Å². The van der Waals surface area contributed by atoms with Gasteiger partial charge >= 0.3 is 0 Å². The highest BCUT2D eigenvalue weighted by Crippen LogP contribution is 2.37. The van der Waals surface area contributed by atoms with Gasteiger partial charge in [0.1, 0.15) is 5.75 Å². The molecule has 1 unspecified atom stereocenters. The van der Waals surface area contributed by atoms with Crippen molar-refractivity contribution < 1.29 is 19.7 Å². The van der Waals surface area contributed by atoms with Crippen LogP contribution in [0, 0.1) is 5.41 Å². The van der Waals surface area contributed by atoms with Gasteiger partial charge in [-0.2, -0.15) is 0 Å². The van der Waals surface area contributed by atoms with Crippen molar-refractivity contribution in [2.24, 2.45) is 5.41 Å². The number of likely N-dealkylation sites (tertiary alicyclic amines) is 1. The fraction of sp³-hybridized carbons (Fsp3) is 0.455. The van der Waals surface area contributed by atoms with Gasteiger partial charge in [0.25, 0.3) is 0 Å². The Morgan fingerprint density at radius 2 is 1.96 bits per heavy atom. The van der Waals surface area contributed by atoms with E-state index in [1.165, 1.54) is 12.7 Å². The molecule has 0 aromatic heterocycles. The number of methoxy groups -OCH3 is 2. The van der Waals surface area contributed by atoms with E-state index >= 15 is 0 Å². The van der Waals surface area contributed by atoms with E-state index in [-0.39, 0.29) is 22.8 Å². The van der Waals surface area contributed by atoms with Crippen molar-refractivity contribution in [3.63, 3.8) is 0 Å². The number of piperidine rings is 1. The third-order valence-electron chi connectivity index (χ3n) is 5.50. The van der Waals surface area contributed by atoms with E-state index in [0.717, 1.165) is 43.7 Å². The van der Waals surface area contributed by atoms with Crippen LogP contribution in [-0.2, 0) is 13.0 Å². The van der Waals surface area contributed by atoms with E-state index in [9.17, 15) is 10.2 Å². The van der Waals surface area contributed by atoms with Gasteiger partial charge in [-0.05, 0) is 61.2 Å². The molecule has 28 heavy (non-hydrogen) atoms. The topological polar surface area (TPSA) is 62.2 Å².